The van der Waals surface area contributed by atoms with E-state index in [2.05, 4.69) is 0 Å². The van der Waals surface area contributed by atoms with Crippen LogP contribution in [-0.2, 0) is 4.57 Å². The van der Waals surface area contributed by atoms with E-state index >= 15 is 0 Å². The van der Waals surface area contributed by atoms with Gasteiger partial charge in [-0.1, -0.05) is 0 Å². The Morgan fingerprint density at radius 2 is 0.621 bits per heavy atom. The van der Waals surface area contributed by atoms with Gasteiger partial charge in [0.1, 0.15) is 0 Å². The number of rotatable bonds is 15. The van der Waals surface area contributed by atoms with Crippen LogP contribution in [-0.4, -0.2) is 53.3 Å². The summed E-state index contributed by atoms with van der Waals surface area (Å²) in [6.07, 6.45) is 0.441. The molecule has 0 unspecified atom stereocenters. The monoisotopic (exact) mass is 413 g/mol. The Bertz CT molecular complexity index is 628. The lowest BCUT2D eigenvalue weighted by Crippen LogP contribution is -2.43. The van der Waals surface area contributed by atoms with E-state index in [1.54, 1.807) is 14.0 Å². The minimum absolute atomic E-state index is 0.0735. The van der Waals surface area contributed by atoms with Crippen LogP contribution in [0.1, 0.15) is 38.5 Å². The van der Waals surface area contributed by atoms with Crippen molar-refractivity contribution in [2.75, 3.05) is 39.3 Å². The van der Waals surface area contributed by atoms with Gasteiger partial charge in [-0.3, -0.25) is 4.57 Å². The Kier molecular flexibility index (Phi) is 14.4. The van der Waals surface area contributed by atoms with E-state index < -0.39 is 7.59 Å². The Labute approximate surface area is 172 Å². The van der Waals surface area contributed by atoms with Crippen LogP contribution in [0.3, 0.4) is 0 Å². The van der Waals surface area contributed by atoms with Crippen LogP contribution in [0.4, 0.5) is 0 Å². The normalized spacial score (nSPS) is 10.5. The molecule has 0 fully saturated rings. The fourth-order valence-corrected chi connectivity index (χ4v) is 5.96. The molecule has 0 aromatic heterocycles. The van der Waals surface area contributed by atoms with Crippen LogP contribution in [0.25, 0.3) is 0 Å². The van der Waals surface area contributed by atoms with Gasteiger partial charge in [0.25, 0.3) is 7.59 Å². The molecule has 0 aliphatic carbocycles. The van der Waals surface area contributed by atoms with Crippen LogP contribution in [0, 0.1) is 68.0 Å². The molecule has 0 atom stereocenters. The molecule has 29 heavy (non-hydrogen) atoms. The molecule has 0 N–H and O–H groups in total. The van der Waals surface area contributed by atoms with Gasteiger partial charge in [0.05, 0.1) is 36.4 Å². The summed E-state index contributed by atoms with van der Waals surface area (Å²) in [4.78, 5) is 0. The molecule has 0 amide bonds. The van der Waals surface area contributed by atoms with Gasteiger partial charge in [0.15, 0.2) is 0 Å². The first-order chi connectivity index (χ1) is 14.1. The Hall–Kier alpha value is -2.95. The second-order valence-corrected chi connectivity index (χ2v) is 8.55. The third-order valence-electron chi connectivity index (χ3n) is 4.00. The van der Waals surface area contributed by atoms with E-state index in [0.717, 1.165) is 0 Å². The van der Waals surface area contributed by atoms with E-state index in [1.807, 2.05) is 36.4 Å². The second-order valence-electron chi connectivity index (χ2n) is 5.82. The zero-order valence-electron chi connectivity index (χ0n) is 16.4. The van der Waals surface area contributed by atoms with Gasteiger partial charge >= 0.3 is 0 Å². The lowest BCUT2D eigenvalue weighted by Gasteiger charge is -2.44. The maximum atomic E-state index is 14.5. The molecule has 0 spiro atoms. The molecule has 10 nitrogen and oxygen atoms in total. The molecule has 11 heteroatoms. The topological polar surface area (TPSA) is 170 Å². The molecular formula is C18H24N9OP. The van der Waals surface area contributed by atoms with Crippen LogP contribution < -0.4 is 0 Å². The highest BCUT2D eigenvalue weighted by molar-refractivity contribution is 7.56. The Morgan fingerprint density at radius 1 is 0.448 bits per heavy atom. The molecular weight excluding hydrogens is 389 g/mol. The number of hydrogen-bond donors (Lipinski definition) is 0. The zero-order valence-corrected chi connectivity index (χ0v) is 17.3. The predicted octanol–water partition coefficient (Wildman–Crippen LogP) is 2.48. The highest BCUT2D eigenvalue weighted by Crippen LogP contribution is 2.56. The quantitative estimate of drug-likeness (QED) is 0.363. The van der Waals surface area contributed by atoms with E-state index in [-0.39, 0.29) is 77.8 Å². The molecule has 0 aromatic rings. The van der Waals surface area contributed by atoms with Gasteiger partial charge in [-0.05, 0) is 0 Å². The summed E-state index contributed by atoms with van der Waals surface area (Å²) in [6.45, 7) is 0.754. The van der Waals surface area contributed by atoms with E-state index in [1.165, 1.54) is 0 Å². The Balaban J connectivity index is 6.31. The van der Waals surface area contributed by atoms with Gasteiger partial charge < -0.3 is 0 Å². The molecule has 0 aliphatic rings. The predicted molar refractivity (Wildman–Crippen MR) is 104 cm³/mol. The maximum absolute atomic E-state index is 14.5. The van der Waals surface area contributed by atoms with Crippen molar-refractivity contribution in [1.29, 1.82) is 31.6 Å². The summed E-state index contributed by atoms with van der Waals surface area (Å²) in [7, 11) is -3.63. The molecule has 0 saturated carbocycles. The lowest BCUT2D eigenvalue weighted by atomic mass is 10.4. The van der Waals surface area contributed by atoms with Crippen molar-refractivity contribution >= 4 is 7.59 Å². The SMILES string of the molecule is N#CCCN(CCC#N)P(=O)(N(CCC#N)CCC#N)N(CCC#N)CCC#N. The summed E-state index contributed by atoms with van der Waals surface area (Å²) in [5.74, 6) is 0. The average molecular weight is 413 g/mol. The third kappa shape index (κ3) is 8.73. The average Bonchev–Trinajstić information content (AvgIpc) is 2.73. The van der Waals surface area contributed by atoms with Gasteiger partial charge in [-0.15, -0.1) is 0 Å². The van der Waals surface area contributed by atoms with Crippen LogP contribution in [0.5, 0.6) is 0 Å². The maximum Gasteiger partial charge on any atom is 0.287 e. The first-order valence-corrected chi connectivity index (χ1v) is 10.7. The van der Waals surface area contributed by atoms with E-state index in [9.17, 15) is 4.57 Å². The van der Waals surface area contributed by atoms with Crippen molar-refractivity contribution in [3.8, 4) is 36.4 Å². The van der Waals surface area contributed by atoms with Crippen molar-refractivity contribution < 1.29 is 4.57 Å². The standard InChI is InChI=1S/C18H24N9OP/c19-7-1-13-25(14-2-8-20)29(28,26(15-3-9-21)16-4-10-22)27(17-5-11-23)18-6-12-24/h1-6,13-18H2. The summed E-state index contributed by atoms with van der Waals surface area (Å²) in [5.41, 5.74) is 0. The largest absolute Gasteiger partial charge is 0.287 e. The highest BCUT2D eigenvalue weighted by atomic mass is 31.2. The fourth-order valence-electron chi connectivity index (χ4n) is 2.73. The van der Waals surface area contributed by atoms with Crippen LogP contribution in [0.2, 0.25) is 0 Å². The molecule has 0 radical (unpaired) electrons. The van der Waals surface area contributed by atoms with Gasteiger partial charge in [-0.25, -0.2) is 14.0 Å². The lowest BCUT2D eigenvalue weighted by molar-refractivity contribution is 0.272. The van der Waals surface area contributed by atoms with E-state index in [4.69, 9.17) is 31.6 Å². The highest BCUT2D eigenvalue weighted by Gasteiger charge is 2.42. The minimum atomic E-state index is -3.63. The van der Waals surface area contributed by atoms with E-state index in [0.29, 0.717) is 0 Å². The molecule has 0 aliphatic heterocycles. The summed E-state index contributed by atoms with van der Waals surface area (Å²) < 4.78 is 19.1. The van der Waals surface area contributed by atoms with Crippen molar-refractivity contribution in [2.45, 2.75) is 38.5 Å². The van der Waals surface area contributed by atoms with Crippen molar-refractivity contribution in [3.05, 3.63) is 0 Å². The minimum Gasteiger partial charge on any atom is -0.270 e. The van der Waals surface area contributed by atoms with Gasteiger partial charge in [0, 0.05) is 77.8 Å². The van der Waals surface area contributed by atoms with Crippen LogP contribution in [0.15, 0.2) is 0 Å². The van der Waals surface area contributed by atoms with Crippen molar-refractivity contribution in [2.24, 2.45) is 0 Å². The summed E-state index contributed by atoms with van der Waals surface area (Å²) in [5, 5.41) is 54.1. The Morgan fingerprint density at radius 3 is 0.759 bits per heavy atom. The van der Waals surface area contributed by atoms with Gasteiger partial charge in [-0.2, -0.15) is 31.6 Å². The summed E-state index contributed by atoms with van der Waals surface area (Å²) >= 11 is 0. The first kappa shape index (κ1) is 26.1. The molecule has 0 saturated heterocycles. The zero-order chi connectivity index (χ0) is 22.0. The smallest absolute Gasteiger partial charge is 0.270 e. The second kappa shape index (κ2) is 16.0. The van der Waals surface area contributed by atoms with Gasteiger partial charge in [0.2, 0.25) is 0 Å². The number of hydrogen-bond acceptors (Lipinski definition) is 7. The van der Waals surface area contributed by atoms with Crippen molar-refractivity contribution in [1.82, 2.24) is 14.0 Å². The molecule has 152 valence electrons. The fraction of sp³-hybridized carbons (Fsp3) is 0.667. The third-order valence-corrected chi connectivity index (χ3v) is 7.41. The molecule has 0 heterocycles. The molecule has 0 aromatic carbocycles. The summed E-state index contributed by atoms with van der Waals surface area (Å²) in [6, 6.07) is 12.0. The number of nitrogens with zero attached hydrogens (tertiary/aromatic N) is 9. The first-order valence-electron chi connectivity index (χ1n) is 9.14. The molecule has 0 bridgehead atoms. The number of nitriles is 6. The van der Waals surface area contributed by atoms with Crippen LogP contribution >= 0.6 is 7.59 Å². The van der Waals surface area contributed by atoms with Crippen molar-refractivity contribution in [3.63, 3.8) is 0 Å². The molecule has 0 rings (SSSR count).